The third kappa shape index (κ3) is 4.31. The van der Waals surface area contributed by atoms with Gasteiger partial charge in [0.05, 0.1) is 6.10 Å². The van der Waals surface area contributed by atoms with Crippen LogP contribution >= 0.6 is 11.3 Å². The van der Waals surface area contributed by atoms with E-state index in [0.29, 0.717) is 17.9 Å². The van der Waals surface area contributed by atoms with Crippen LogP contribution in [0.5, 0.6) is 0 Å². The number of nitrogens with zero attached hydrogens (tertiary/aromatic N) is 1. The molecule has 22 heavy (non-hydrogen) atoms. The predicted octanol–water partition coefficient (Wildman–Crippen LogP) is 4.36. The maximum absolute atomic E-state index is 6.54. The van der Waals surface area contributed by atoms with Gasteiger partial charge in [-0.2, -0.15) is 11.3 Å². The van der Waals surface area contributed by atoms with E-state index >= 15 is 0 Å². The molecular formula is C18H31NOSSi. The second-order valence-electron chi connectivity index (χ2n) is 7.81. The average Bonchev–Trinajstić information content (AvgIpc) is 3.03. The first-order valence-corrected chi connectivity index (χ1v) is 12.1. The van der Waals surface area contributed by atoms with Crippen molar-refractivity contribution in [1.29, 1.82) is 0 Å². The molecule has 0 amide bonds. The van der Waals surface area contributed by atoms with Crippen molar-refractivity contribution in [3.05, 3.63) is 35.0 Å². The summed E-state index contributed by atoms with van der Waals surface area (Å²) in [4.78, 5) is 2.53. The highest BCUT2D eigenvalue weighted by molar-refractivity contribution is 7.08. The quantitative estimate of drug-likeness (QED) is 0.565. The molecule has 124 valence electrons. The Morgan fingerprint density at radius 2 is 2.18 bits per heavy atom. The van der Waals surface area contributed by atoms with Crippen LogP contribution in [0.2, 0.25) is 13.1 Å². The minimum absolute atomic E-state index is 0.181. The molecule has 1 aliphatic rings. The molecule has 1 aromatic heterocycles. The van der Waals surface area contributed by atoms with E-state index in [1.54, 1.807) is 11.3 Å². The summed E-state index contributed by atoms with van der Waals surface area (Å²) < 4.78 is 6.54. The molecule has 4 heteroatoms. The summed E-state index contributed by atoms with van der Waals surface area (Å²) in [5.74, 6) is 1.16. The fourth-order valence-electron chi connectivity index (χ4n) is 3.63. The van der Waals surface area contributed by atoms with Crippen molar-refractivity contribution in [2.75, 3.05) is 19.6 Å². The highest BCUT2D eigenvalue weighted by Crippen LogP contribution is 2.42. The minimum Gasteiger partial charge on any atom is -0.417 e. The zero-order valence-electron chi connectivity index (χ0n) is 14.7. The maximum atomic E-state index is 6.54. The average molecular weight is 338 g/mol. The highest BCUT2D eigenvalue weighted by Gasteiger charge is 2.43. The van der Waals surface area contributed by atoms with Crippen molar-refractivity contribution in [2.24, 2.45) is 11.3 Å². The Bertz CT molecular complexity index is 466. The lowest BCUT2D eigenvalue weighted by molar-refractivity contribution is 0.0309. The van der Waals surface area contributed by atoms with Gasteiger partial charge in [-0.15, -0.1) is 6.58 Å². The van der Waals surface area contributed by atoms with Crippen LogP contribution in [0.25, 0.3) is 0 Å². The molecule has 1 saturated heterocycles. The van der Waals surface area contributed by atoms with E-state index in [4.69, 9.17) is 4.43 Å². The van der Waals surface area contributed by atoms with E-state index in [2.05, 4.69) is 62.2 Å². The van der Waals surface area contributed by atoms with Crippen LogP contribution in [0.15, 0.2) is 29.5 Å². The smallest absolute Gasteiger partial charge is 0.171 e. The van der Waals surface area contributed by atoms with Gasteiger partial charge < -0.3 is 4.43 Å². The molecule has 2 heterocycles. The van der Waals surface area contributed by atoms with Gasteiger partial charge in [0.25, 0.3) is 0 Å². The Morgan fingerprint density at radius 3 is 2.68 bits per heavy atom. The van der Waals surface area contributed by atoms with Crippen LogP contribution in [0.4, 0.5) is 0 Å². The predicted molar refractivity (Wildman–Crippen MR) is 100 cm³/mol. The lowest BCUT2D eigenvalue weighted by Gasteiger charge is -2.39. The van der Waals surface area contributed by atoms with E-state index in [9.17, 15) is 0 Å². The Labute approximate surface area is 141 Å². The largest absolute Gasteiger partial charge is 0.417 e. The third-order valence-electron chi connectivity index (χ3n) is 4.46. The van der Waals surface area contributed by atoms with Gasteiger partial charge in [0.1, 0.15) is 0 Å². The van der Waals surface area contributed by atoms with E-state index in [1.165, 1.54) is 5.56 Å². The molecule has 2 nitrogen and oxygen atoms in total. The van der Waals surface area contributed by atoms with Crippen molar-refractivity contribution in [3.8, 4) is 0 Å². The van der Waals surface area contributed by atoms with Crippen LogP contribution in [0.1, 0.15) is 32.3 Å². The fourth-order valence-corrected chi connectivity index (χ4v) is 5.55. The molecule has 1 aliphatic heterocycles. The summed E-state index contributed by atoms with van der Waals surface area (Å²) in [7, 11) is -1.06. The second kappa shape index (κ2) is 7.43. The minimum atomic E-state index is -1.06. The molecule has 2 unspecified atom stereocenters. The monoisotopic (exact) mass is 337 g/mol. The SMILES string of the molecule is C=CCN1CC(c2ccsc2)C([C@@H](O[SiH](C)C)C(C)(C)C)C1. The molecule has 1 fully saturated rings. The summed E-state index contributed by atoms with van der Waals surface area (Å²) in [6, 6.07) is 2.30. The van der Waals surface area contributed by atoms with Crippen molar-refractivity contribution in [1.82, 2.24) is 4.90 Å². The number of hydrogen-bond donors (Lipinski definition) is 0. The van der Waals surface area contributed by atoms with Gasteiger partial charge in [0.15, 0.2) is 9.04 Å². The first-order chi connectivity index (χ1) is 10.3. The van der Waals surface area contributed by atoms with Gasteiger partial charge in [-0.1, -0.05) is 26.8 Å². The van der Waals surface area contributed by atoms with E-state index in [1.807, 2.05) is 6.08 Å². The Balaban J connectivity index is 2.27. The summed E-state index contributed by atoms with van der Waals surface area (Å²) in [6.07, 6.45) is 2.36. The van der Waals surface area contributed by atoms with E-state index in [-0.39, 0.29) is 5.41 Å². The van der Waals surface area contributed by atoms with Crippen molar-refractivity contribution >= 4 is 20.4 Å². The summed E-state index contributed by atoms with van der Waals surface area (Å²) in [5.41, 5.74) is 1.67. The molecule has 0 N–H and O–H groups in total. The molecular weight excluding hydrogens is 306 g/mol. The molecule has 0 bridgehead atoms. The standard InChI is InChI=1S/C18H31NOSSi/c1-7-9-19-11-15(14-8-10-21-13-14)16(12-19)17(18(2,3)4)20-22(5)6/h7-8,10,13,15-17,22H,1,9,11-12H2,2-6H3/t15?,16?,17-/m1/s1. The molecule has 0 radical (unpaired) electrons. The van der Waals surface area contributed by atoms with Crippen LogP contribution in [-0.2, 0) is 4.43 Å². The normalized spacial score (nSPS) is 24.8. The molecule has 0 spiro atoms. The maximum Gasteiger partial charge on any atom is 0.171 e. The van der Waals surface area contributed by atoms with E-state index < -0.39 is 9.04 Å². The lowest BCUT2D eigenvalue weighted by Crippen LogP contribution is -2.42. The number of likely N-dealkylation sites (tertiary alicyclic amines) is 1. The van der Waals surface area contributed by atoms with Crippen LogP contribution in [0, 0.1) is 11.3 Å². The number of thiophene rings is 1. The fraction of sp³-hybridized carbons (Fsp3) is 0.667. The highest BCUT2D eigenvalue weighted by atomic mass is 32.1. The van der Waals surface area contributed by atoms with Gasteiger partial charge in [-0.3, -0.25) is 4.90 Å². The van der Waals surface area contributed by atoms with E-state index in [0.717, 1.165) is 19.6 Å². The van der Waals surface area contributed by atoms with Crippen LogP contribution in [0.3, 0.4) is 0 Å². The second-order valence-corrected chi connectivity index (χ2v) is 11.0. The number of hydrogen-bond acceptors (Lipinski definition) is 3. The number of rotatable bonds is 6. The van der Waals surface area contributed by atoms with Gasteiger partial charge >= 0.3 is 0 Å². The van der Waals surface area contributed by atoms with Gasteiger partial charge in [-0.05, 0) is 40.9 Å². The molecule has 0 saturated carbocycles. The Hall–Kier alpha value is -0.423. The van der Waals surface area contributed by atoms with Crippen molar-refractivity contribution in [3.63, 3.8) is 0 Å². The molecule has 1 aromatic rings. The summed E-state index contributed by atoms with van der Waals surface area (Å²) in [6.45, 7) is 18.7. The molecule has 0 aliphatic carbocycles. The zero-order valence-corrected chi connectivity index (χ0v) is 16.7. The van der Waals surface area contributed by atoms with Gasteiger partial charge in [-0.25, -0.2) is 0 Å². The summed E-state index contributed by atoms with van der Waals surface area (Å²) >= 11 is 1.81. The van der Waals surface area contributed by atoms with Crippen molar-refractivity contribution < 1.29 is 4.43 Å². The van der Waals surface area contributed by atoms with Gasteiger partial charge in [0.2, 0.25) is 0 Å². The summed E-state index contributed by atoms with van der Waals surface area (Å²) in [5, 5.41) is 4.52. The lowest BCUT2D eigenvalue weighted by atomic mass is 9.75. The molecule has 0 aromatic carbocycles. The first kappa shape index (κ1) is 17.9. The molecule has 2 rings (SSSR count). The van der Waals surface area contributed by atoms with Crippen LogP contribution < -0.4 is 0 Å². The van der Waals surface area contributed by atoms with Gasteiger partial charge in [0, 0.05) is 31.5 Å². The zero-order chi connectivity index (χ0) is 16.3. The first-order valence-electron chi connectivity index (χ1n) is 8.33. The Morgan fingerprint density at radius 1 is 1.45 bits per heavy atom. The van der Waals surface area contributed by atoms with Crippen LogP contribution in [-0.4, -0.2) is 39.7 Å². The third-order valence-corrected chi connectivity index (χ3v) is 6.00. The Kier molecular flexibility index (Phi) is 6.05. The van der Waals surface area contributed by atoms with Crippen molar-refractivity contribution in [2.45, 2.75) is 45.9 Å². The molecule has 3 atom stereocenters. The topological polar surface area (TPSA) is 12.5 Å².